The summed E-state index contributed by atoms with van der Waals surface area (Å²) < 4.78 is 1.77. The first-order valence-corrected chi connectivity index (χ1v) is 6.15. The SMILES string of the molecule is CSc1ccc(C(=O)Cn2ccnc2)cc1.Cl.O. The zero-order valence-electron chi connectivity index (χ0n) is 9.87. The molecular weight excluding hydrogens is 272 g/mol. The lowest BCUT2D eigenvalue weighted by atomic mass is 10.1. The molecule has 6 heteroatoms. The summed E-state index contributed by atoms with van der Waals surface area (Å²) in [6.07, 6.45) is 7.12. The lowest BCUT2D eigenvalue weighted by Gasteiger charge is -2.02. The van der Waals surface area contributed by atoms with Crippen molar-refractivity contribution in [1.29, 1.82) is 0 Å². The van der Waals surface area contributed by atoms with Crippen molar-refractivity contribution in [3.05, 3.63) is 48.5 Å². The van der Waals surface area contributed by atoms with Gasteiger partial charge in [0.2, 0.25) is 0 Å². The quantitative estimate of drug-likeness (QED) is 0.638. The topological polar surface area (TPSA) is 66.4 Å². The average Bonchev–Trinajstić information content (AvgIpc) is 2.82. The van der Waals surface area contributed by atoms with E-state index >= 15 is 0 Å². The number of aromatic nitrogens is 2. The van der Waals surface area contributed by atoms with Crippen LogP contribution < -0.4 is 0 Å². The molecule has 0 aliphatic heterocycles. The summed E-state index contributed by atoms with van der Waals surface area (Å²) in [5.41, 5.74) is 0.742. The highest BCUT2D eigenvalue weighted by atomic mass is 35.5. The van der Waals surface area contributed by atoms with E-state index in [1.165, 1.54) is 4.90 Å². The third kappa shape index (κ3) is 4.18. The first-order chi connectivity index (χ1) is 7.79. The largest absolute Gasteiger partial charge is 0.412 e. The van der Waals surface area contributed by atoms with Crippen LogP contribution >= 0.6 is 24.2 Å². The van der Waals surface area contributed by atoms with Gasteiger partial charge in [0.25, 0.3) is 0 Å². The smallest absolute Gasteiger partial charge is 0.182 e. The number of rotatable bonds is 4. The summed E-state index contributed by atoms with van der Waals surface area (Å²) in [5.74, 6) is 0.102. The van der Waals surface area contributed by atoms with Crippen LogP contribution in [0.4, 0.5) is 0 Å². The highest BCUT2D eigenvalue weighted by Gasteiger charge is 2.05. The van der Waals surface area contributed by atoms with Crippen molar-refractivity contribution in [2.75, 3.05) is 6.26 Å². The number of halogens is 1. The molecule has 1 aromatic heterocycles. The lowest BCUT2D eigenvalue weighted by Crippen LogP contribution is -2.08. The number of hydrogen-bond donors (Lipinski definition) is 0. The van der Waals surface area contributed by atoms with Crippen molar-refractivity contribution in [3.63, 3.8) is 0 Å². The van der Waals surface area contributed by atoms with Gasteiger partial charge in [0.15, 0.2) is 5.78 Å². The second-order valence-corrected chi connectivity index (χ2v) is 4.27. The maximum atomic E-state index is 11.9. The highest BCUT2D eigenvalue weighted by Crippen LogP contribution is 2.15. The molecule has 0 amide bonds. The van der Waals surface area contributed by atoms with E-state index in [-0.39, 0.29) is 23.7 Å². The Morgan fingerprint density at radius 2 is 2.00 bits per heavy atom. The predicted octanol–water partition coefficient (Wildman–Crippen LogP) is 2.09. The molecule has 98 valence electrons. The van der Waals surface area contributed by atoms with Crippen molar-refractivity contribution >= 4 is 30.0 Å². The predicted molar refractivity (Wildman–Crippen MR) is 75.6 cm³/mol. The van der Waals surface area contributed by atoms with Crippen LogP contribution in [0.3, 0.4) is 0 Å². The van der Waals surface area contributed by atoms with E-state index in [1.54, 1.807) is 35.0 Å². The Morgan fingerprint density at radius 3 is 2.50 bits per heavy atom. The van der Waals surface area contributed by atoms with Crippen LogP contribution in [0.1, 0.15) is 10.4 Å². The summed E-state index contributed by atoms with van der Waals surface area (Å²) in [4.78, 5) is 16.9. The molecule has 2 aromatic rings. The number of ketones is 1. The minimum Gasteiger partial charge on any atom is -0.412 e. The summed E-state index contributed by atoms with van der Waals surface area (Å²) in [5, 5.41) is 0. The second kappa shape index (κ2) is 7.92. The molecule has 18 heavy (non-hydrogen) atoms. The number of imidazole rings is 1. The Morgan fingerprint density at radius 1 is 1.33 bits per heavy atom. The van der Waals surface area contributed by atoms with Crippen molar-refractivity contribution in [2.24, 2.45) is 0 Å². The number of nitrogens with zero attached hydrogens (tertiary/aromatic N) is 2. The van der Waals surface area contributed by atoms with E-state index in [0.29, 0.717) is 6.54 Å². The first kappa shape index (κ1) is 16.7. The van der Waals surface area contributed by atoms with Gasteiger partial charge in [0, 0.05) is 22.9 Å². The van der Waals surface area contributed by atoms with E-state index in [9.17, 15) is 4.79 Å². The van der Waals surface area contributed by atoms with Gasteiger partial charge < -0.3 is 10.0 Å². The van der Waals surface area contributed by atoms with Gasteiger partial charge in [-0.1, -0.05) is 12.1 Å². The number of carbonyl (C=O) groups excluding carboxylic acids is 1. The molecular formula is C12H15ClN2O2S. The maximum Gasteiger partial charge on any atom is 0.182 e. The van der Waals surface area contributed by atoms with Crippen LogP contribution in [-0.4, -0.2) is 27.1 Å². The molecule has 0 unspecified atom stereocenters. The molecule has 0 radical (unpaired) electrons. The molecule has 0 atom stereocenters. The molecule has 2 rings (SSSR count). The molecule has 1 heterocycles. The third-order valence-corrected chi connectivity index (χ3v) is 3.04. The van der Waals surface area contributed by atoms with Crippen molar-refractivity contribution in [1.82, 2.24) is 9.55 Å². The molecule has 0 saturated carbocycles. The van der Waals surface area contributed by atoms with Crippen LogP contribution in [0.15, 0.2) is 47.9 Å². The molecule has 0 spiro atoms. The summed E-state index contributed by atoms with van der Waals surface area (Å²) >= 11 is 1.67. The number of carbonyl (C=O) groups is 1. The van der Waals surface area contributed by atoms with Crippen LogP contribution in [-0.2, 0) is 6.54 Å². The van der Waals surface area contributed by atoms with Crippen LogP contribution in [0.25, 0.3) is 0 Å². The van der Waals surface area contributed by atoms with E-state index in [1.807, 2.05) is 30.5 Å². The highest BCUT2D eigenvalue weighted by molar-refractivity contribution is 7.98. The van der Waals surface area contributed by atoms with Crippen molar-refractivity contribution in [3.8, 4) is 0 Å². The molecule has 0 aliphatic rings. The average molecular weight is 287 g/mol. The molecule has 0 fully saturated rings. The van der Waals surface area contributed by atoms with E-state index in [4.69, 9.17) is 0 Å². The Bertz CT molecular complexity index is 471. The summed E-state index contributed by atoms with van der Waals surface area (Å²) in [7, 11) is 0. The third-order valence-electron chi connectivity index (χ3n) is 2.30. The Balaban J connectivity index is 0.00000144. The van der Waals surface area contributed by atoms with E-state index < -0.39 is 0 Å². The Hall–Kier alpha value is -1.30. The number of Topliss-reactive ketones (excluding diaryl/α,β-unsaturated/α-hetero) is 1. The molecule has 0 bridgehead atoms. The lowest BCUT2D eigenvalue weighted by molar-refractivity contribution is 0.0972. The number of hydrogen-bond acceptors (Lipinski definition) is 3. The standard InChI is InChI=1S/C12H12N2OS.ClH.H2O/c1-16-11-4-2-10(3-5-11)12(15)8-14-7-6-13-9-14;;/h2-7,9H,8H2,1H3;1H;1H2. The number of benzene rings is 1. The van der Waals surface area contributed by atoms with Crippen molar-refractivity contribution < 1.29 is 10.3 Å². The zero-order chi connectivity index (χ0) is 11.4. The van der Waals surface area contributed by atoms with Gasteiger partial charge in [-0.05, 0) is 18.4 Å². The molecule has 2 N–H and O–H groups in total. The molecule has 0 aliphatic carbocycles. The molecule has 4 nitrogen and oxygen atoms in total. The van der Waals surface area contributed by atoms with Gasteiger partial charge >= 0.3 is 0 Å². The van der Waals surface area contributed by atoms with Gasteiger partial charge in [0.05, 0.1) is 12.9 Å². The monoisotopic (exact) mass is 286 g/mol. The van der Waals surface area contributed by atoms with Crippen LogP contribution in [0, 0.1) is 0 Å². The van der Waals surface area contributed by atoms with Crippen molar-refractivity contribution in [2.45, 2.75) is 11.4 Å². The molecule has 0 saturated heterocycles. The summed E-state index contributed by atoms with van der Waals surface area (Å²) in [6, 6.07) is 7.66. The van der Waals surface area contributed by atoms with Gasteiger partial charge in [-0.2, -0.15) is 0 Å². The minimum atomic E-state index is 0. The second-order valence-electron chi connectivity index (χ2n) is 3.39. The van der Waals surface area contributed by atoms with E-state index in [0.717, 1.165) is 5.56 Å². The minimum absolute atomic E-state index is 0. The Labute approximate surface area is 116 Å². The summed E-state index contributed by atoms with van der Waals surface area (Å²) in [6.45, 7) is 0.346. The van der Waals surface area contributed by atoms with Gasteiger partial charge in [-0.3, -0.25) is 4.79 Å². The fourth-order valence-electron chi connectivity index (χ4n) is 1.41. The maximum absolute atomic E-state index is 11.9. The van der Waals surface area contributed by atoms with Crippen LogP contribution in [0.2, 0.25) is 0 Å². The van der Waals surface area contributed by atoms with Gasteiger partial charge in [0.1, 0.15) is 0 Å². The van der Waals surface area contributed by atoms with Gasteiger partial charge in [-0.15, -0.1) is 24.2 Å². The van der Waals surface area contributed by atoms with Gasteiger partial charge in [-0.25, -0.2) is 4.98 Å². The Kier molecular flexibility index (Phi) is 7.35. The molecule has 1 aromatic carbocycles. The number of thioether (sulfide) groups is 1. The fourth-order valence-corrected chi connectivity index (χ4v) is 1.82. The normalized spacial score (nSPS) is 9.17. The first-order valence-electron chi connectivity index (χ1n) is 4.92. The van der Waals surface area contributed by atoms with Crippen LogP contribution in [0.5, 0.6) is 0 Å². The zero-order valence-corrected chi connectivity index (χ0v) is 11.5. The fraction of sp³-hybridized carbons (Fsp3) is 0.167. The van der Waals surface area contributed by atoms with E-state index in [2.05, 4.69) is 4.98 Å².